The summed E-state index contributed by atoms with van der Waals surface area (Å²) in [5.74, 6) is 0.440. The lowest BCUT2D eigenvalue weighted by Crippen LogP contribution is -2.21. The molecule has 0 fully saturated rings. The Balaban J connectivity index is 2.07. The van der Waals surface area contributed by atoms with Crippen LogP contribution >= 0.6 is 15.9 Å². The first-order chi connectivity index (χ1) is 10.8. The third-order valence-electron chi connectivity index (χ3n) is 3.50. The van der Waals surface area contributed by atoms with Crippen molar-refractivity contribution in [3.8, 4) is 5.75 Å². The highest BCUT2D eigenvalue weighted by atomic mass is 79.9. The first-order valence-electron chi connectivity index (χ1n) is 7.34. The lowest BCUT2D eigenvalue weighted by molar-refractivity contribution is -0.118. The summed E-state index contributed by atoms with van der Waals surface area (Å²) in [6.07, 6.45) is 0. The molecule has 122 valence electrons. The summed E-state index contributed by atoms with van der Waals surface area (Å²) in [7, 11) is 0. The van der Waals surface area contributed by atoms with Crippen LogP contribution in [0.2, 0.25) is 0 Å². The number of carbonyl (C=O) groups excluding carboxylic acids is 1. The Labute approximate surface area is 145 Å². The van der Waals surface area contributed by atoms with Crippen molar-refractivity contribution in [3.05, 3.63) is 51.0 Å². The molecule has 0 radical (unpaired) electrons. The number of rotatable bonds is 4. The molecule has 0 aliphatic rings. The number of amides is 1. The van der Waals surface area contributed by atoms with Crippen molar-refractivity contribution in [1.29, 1.82) is 0 Å². The largest absolute Gasteiger partial charge is 0.482 e. The summed E-state index contributed by atoms with van der Waals surface area (Å²) in [5, 5.41) is 2.82. The normalized spacial score (nSPS) is 10.5. The Morgan fingerprint density at radius 1 is 1.09 bits per heavy atom. The smallest absolute Gasteiger partial charge is 0.262 e. The van der Waals surface area contributed by atoms with Crippen molar-refractivity contribution in [2.45, 2.75) is 27.7 Å². The van der Waals surface area contributed by atoms with Gasteiger partial charge >= 0.3 is 0 Å². The van der Waals surface area contributed by atoms with Crippen LogP contribution in [0.4, 0.5) is 11.4 Å². The maximum Gasteiger partial charge on any atom is 0.262 e. The second-order valence-corrected chi connectivity index (χ2v) is 6.63. The predicted octanol–water partition coefficient (Wildman–Crippen LogP) is 4.28. The number of anilines is 2. The van der Waals surface area contributed by atoms with Crippen LogP contribution in [0.5, 0.6) is 5.75 Å². The van der Waals surface area contributed by atoms with Crippen LogP contribution in [0.15, 0.2) is 28.7 Å². The molecule has 0 heterocycles. The van der Waals surface area contributed by atoms with E-state index in [0.29, 0.717) is 17.1 Å². The third-order valence-corrected chi connectivity index (χ3v) is 4.09. The van der Waals surface area contributed by atoms with E-state index >= 15 is 0 Å². The zero-order chi connectivity index (χ0) is 17.1. The van der Waals surface area contributed by atoms with E-state index in [9.17, 15) is 4.79 Å². The van der Waals surface area contributed by atoms with Crippen LogP contribution < -0.4 is 15.8 Å². The van der Waals surface area contributed by atoms with Crippen molar-refractivity contribution in [1.82, 2.24) is 0 Å². The Kier molecular flexibility index (Phi) is 5.31. The van der Waals surface area contributed by atoms with E-state index < -0.39 is 0 Å². The quantitative estimate of drug-likeness (QED) is 0.782. The summed E-state index contributed by atoms with van der Waals surface area (Å²) in [6, 6.07) is 7.79. The first kappa shape index (κ1) is 17.3. The van der Waals surface area contributed by atoms with Crippen LogP contribution in [-0.4, -0.2) is 12.5 Å². The molecule has 5 heteroatoms. The van der Waals surface area contributed by atoms with Crippen molar-refractivity contribution in [3.63, 3.8) is 0 Å². The molecular weight excluding hydrogens is 356 g/mol. The fourth-order valence-corrected chi connectivity index (χ4v) is 3.36. The van der Waals surface area contributed by atoms with E-state index in [1.807, 2.05) is 52.0 Å². The van der Waals surface area contributed by atoms with Crippen molar-refractivity contribution >= 4 is 33.2 Å². The molecule has 23 heavy (non-hydrogen) atoms. The van der Waals surface area contributed by atoms with Gasteiger partial charge in [0.05, 0.1) is 15.8 Å². The molecule has 0 bridgehead atoms. The predicted molar refractivity (Wildman–Crippen MR) is 98.1 cm³/mol. The number of halogens is 1. The highest BCUT2D eigenvalue weighted by Crippen LogP contribution is 2.30. The molecule has 0 aliphatic carbocycles. The van der Waals surface area contributed by atoms with Gasteiger partial charge in [0.2, 0.25) is 0 Å². The molecule has 0 atom stereocenters. The average Bonchev–Trinajstić information content (AvgIpc) is 2.41. The number of ether oxygens (including phenoxy) is 1. The third kappa shape index (κ3) is 4.26. The second kappa shape index (κ2) is 7.04. The molecule has 2 rings (SSSR count). The van der Waals surface area contributed by atoms with Gasteiger partial charge in [0.25, 0.3) is 5.91 Å². The minimum absolute atomic E-state index is 0.0741. The molecule has 2 aromatic carbocycles. The van der Waals surface area contributed by atoms with Crippen LogP contribution in [0.1, 0.15) is 22.3 Å². The van der Waals surface area contributed by atoms with Crippen LogP contribution in [0.25, 0.3) is 0 Å². The molecule has 0 spiro atoms. The molecular formula is C18H21BrN2O2. The Morgan fingerprint density at radius 3 is 2.30 bits per heavy atom. The summed E-state index contributed by atoms with van der Waals surface area (Å²) in [5.41, 5.74) is 11.3. The number of nitrogen functional groups attached to an aromatic ring is 1. The van der Waals surface area contributed by atoms with Gasteiger partial charge in [-0.05, 0) is 78.0 Å². The van der Waals surface area contributed by atoms with Gasteiger partial charge in [-0.3, -0.25) is 4.79 Å². The summed E-state index contributed by atoms with van der Waals surface area (Å²) >= 11 is 3.47. The van der Waals surface area contributed by atoms with Crippen molar-refractivity contribution in [2.75, 3.05) is 17.7 Å². The lowest BCUT2D eigenvalue weighted by Gasteiger charge is -2.14. The summed E-state index contributed by atoms with van der Waals surface area (Å²) in [4.78, 5) is 12.2. The maximum atomic E-state index is 12.2. The summed E-state index contributed by atoms with van der Waals surface area (Å²) < 4.78 is 6.50. The number of nitrogens with one attached hydrogen (secondary N) is 1. The number of hydrogen-bond acceptors (Lipinski definition) is 3. The van der Waals surface area contributed by atoms with Gasteiger partial charge in [-0.1, -0.05) is 12.1 Å². The van der Waals surface area contributed by atoms with Gasteiger partial charge in [-0.2, -0.15) is 0 Å². The molecule has 0 aromatic heterocycles. The monoisotopic (exact) mass is 376 g/mol. The van der Waals surface area contributed by atoms with E-state index in [4.69, 9.17) is 10.5 Å². The molecule has 0 aliphatic heterocycles. The number of carbonyl (C=O) groups is 1. The number of nitrogens with two attached hydrogens (primary N) is 1. The fraction of sp³-hybridized carbons (Fsp3) is 0.278. The zero-order valence-electron chi connectivity index (χ0n) is 13.8. The topological polar surface area (TPSA) is 64.3 Å². The molecule has 2 aromatic rings. The number of benzene rings is 2. The minimum atomic E-state index is -0.240. The number of aryl methyl sites for hydroxylation is 4. The Morgan fingerprint density at radius 2 is 1.70 bits per heavy atom. The highest BCUT2D eigenvalue weighted by Gasteiger charge is 2.12. The van der Waals surface area contributed by atoms with Crippen LogP contribution in [0.3, 0.4) is 0 Å². The van der Waals surface area contributed by atoms with E-state index in [1.54, 1.807) is 0 Å². The lowest BCUT2D eigenvalue weighted by atomic mass is 10.1. The van der Waals surface area contributed by atoms with Gasteiger partial charge < -0.3 is 15.8 Å². The SMILES string of the molecule is Cc1cc(C)c(NC(=O)COc2c(C)cc(C)cc2Br)c(N)c1. The fourth-order valence-electron chi connectivity index (χ4n) is 2.57. The molecule has 0 saturated heterocycles. The van der Waals surface area contributed by atoms with E-state index in [-0.39, 0.29) is 12.5 Å². The highest BCUT2D eigenvalue weighted by molar-refractivity contribution is 9.10. The first-order valence-corrected chi connectivity index (χ1v) is 8.13. The second-order valence-electron chi connectivity index (χ2n) is 5.78. The average molecular weight is 377 g/mol. The molecule has 0 unspecified atom stereocenters. The van der Waals surface area contributed by atoms with E-state index in [0.717, 1.165) is 26.7 Å². The van der Waals surface area contributed by atoms with Gasteiger partial charge in [0.1, 0.15) is 5.75 Å². The number of hydrogen-bond donors (Lipinski definition) is 2. The molecule has 3 N–H and O–H groups in total. The maximum absolute atomic E-state index is 12.2. The summed E-state index contributed by atoms with van der Waals surface area (Å²) in [6.45, 7) is 7.77. The van der Waals surface area contributed by atoms with E-state index in [1.165, 1.54) is 0 Å². The standard InChI is InChI=1S/C18H21BrN2O2/c1-10-6-13(4)18(14(19)7-10)23-9-16(22)21-17-12(3)5-11(2)8-15(17)20/h5-8H,9,20H2,1-4H3,(H,21,22). The van der Waals surface area contributed by atoms with Crippen molar-refractivity contribution in [2.24, 2.45) is 0 Å². The molecule has 0 saturated carbocycles. The van der Waals surface area contributed by atoms with Gasteiger partial charge in [0.15, 0.2) is 6.61 Å². The van der Waals surface area contributed by atoms with Crippen LogP contribution in [-0.2, 0) is 4.79 Å². The van der Waals surface area contributed by atoms with Gasteiger partial charge in [0, 0.05) is 0 Å². The zero-order valence-corrected chi connectivity index (χ0v) is 15.4. The van der Waals surface area contributed by atoms with Crippen molar-refractivity contribution < 1.29 is 9.53 Å². The molecule has 4 nitrogen and oxygen atoms in total. The molecule has 1 amide bonds. The minimum Gasteiger partial charge on any atom is -0.482 e. The van der Waals surface area contributed by atoms with Gasteiger partial charge in [-0.25, -0.2) is 0 Å². The van der Waals surface area contributed by atoms with Crippen LogP contribution in [0, 0.1) is 27.7 Å². The Bertz CT molecular complexity index is 711. The van der Waals surface area contributed by atoms with Gasteiger partial charge in [-0.15, -0.1) is 0 Å². The Hall–Kier alpha value is -2.01. The van der Waals surface area contributed by atoms with E-state index in [2.05, 4.69) is 21.2 Å².